The van der Waals surface area contributed by atoms with Gasteiger partial charge in [0.15, 0.2) is 0 Å². The Bertz CT molecular complexity index is 1170. The van der Waals surface area contributed by atoms with Crippen LogP contribution in [0.4, 0.5) is 0 Å². The van der Waals surface area contributed by atoms with Gasteiger partial charge in [-0.15, -0.1) is 0 Å². The van der Waals surface area contributed by atoms with Crippen LogP contribution >= 0.6 is 0 Å². The molecule has 1 amide bonds. The summed E-state index contributed by atoms with van der Waals surface area (Å²) in [5.41, 5.74) is -0.612. The summed E-state index contributed by atoms with van der Waals surface area (Å²) >= 11 is 0. The van der Waals surface area contributed by atoms with E-state index in [0.717, 1.165) is 38.5 Å². The van der Waals surface area contributed by atoms with Crippen molar-refractivity contribution in [1.29, 1.82) is 0 Å². The molecule has 39 heavy (non-hydrogen) atoms. The lowest BCUT2D eigenvalue weighted by molar-refractivity contribution is -0.172. The highest BCUT2D eigenvalue weighted by atomic mass is 16.3. The summed E-state index contributed by atoms with van der Waals surface area (Å²) < 4.78 is 0. The van der Waals surface area contributed by atoms with Crippen molar-refractivity contribution in [1.82, 2.24) is 10.2 Å². The van der Waals surface area contributed by atoms with E-state index in [9.17, 15) is 19.8 Å². The molecule has 5 fully saturated rings. The Morgan fingerprint density at radius 1 is 1.08 bits per heavy atom. The normalized spacial score (nSPS) is 48.9. The fraction of sp³-hybridized carbons (Fsp3) is 0.758. The number of ketones is 1. The van der Waals surface area contributed by atoms with Crippen molar-refractivity contribution < 1.29 is 19.8 Å². The standard InChI is InChI=1S/C33H48N2O4/c1-20(35(5)6)27-22(37)16-30(3)24-13-12-23-29(2,19-36)25(34-28(39)21-10-8-7-9-11-21)14-15-32(23)18-33(24,32)26(38)17-31(27,30)4/h7-11,20,22-25,27,36-37H,12-19H2,1-6H3,(H,34,39)/t20?,22-,23?,24?,25+,27+,29+,30+,31-,32?,33?/m1/s1. The number of hydrogen-bond acceptors (Lipinski definition) is 5. The first kappa shape index (κ1) is 27.4. The Kier molecular flexibility index (Phi) is 6.06. The molecule has 2 spiro atoms. The summed E-state index contributed by atoms with van der Waals surface area (Å²) in [4.78, 5) is 29.8. The van der Waals surface area contributed by atoms with Gasteiger partial charge < -0.3 is 20.4 Å². The van der Waals surface area contributed by atoms with Crippen molar-refractivity contribution in [2.24, 2.45) is 44.8 Å². The van der Waals surface area contributed by atoms with E-state index in [2.05, 4.69) is 52.0 Å². The van der Waals surface area contributed by atoms with Crippen LogP contribution in [0.25, 0.3) is 0 Å². The van der Waals surface area contributed by atoms with Crippen LogP contribution in [0.15, 0.2) is 30.3 Å². The number of hydrogen-bond donors (Lipinski definition) is 3. The molecule has 0 aromatic heterocycles. The van der Waals surface area contributed by atoms with Crippen molar-refractivity contribution >= 4 is 11.7 Å². The van der Waals surface area contributed by atoms with E-state index in [1.807, 2.05) is 30.3 Å². The number of nitrogens with one attached hydrogen (secondary N) is 1. The van der Waals surface area contributed by atoms with Crippen LogP contribution in [-0.4, -0.2) is 65.7 Å². The van der Waals surface area contributed by atoms with Gasteiger partial charge in [-0.1, -0.05) is 39.0 Å². The van der Waals surface area contributed by atoms with Crippen LogP contribution < -0.4 is 5.32 Å². The summed E-state index contributed by atoms with van der Waals surface area (Å²) in [6.07, 6.45) is 5.43. The van der Waals surface area contributed by atoms with E-state index in [4.69, 9.17) is 0 Å². The number of Topliss-reactive ketones (excluding diaryl/α,β-unsaturated/α-hetero) is 1. The molecule has 6 nitrogen and oxygen atoms in total. The van der Waals surface area contributed by atoms with Gasteiger partial charge in [0.05, 0.1) is 12.7 Å². The zero-order valence-electron chi connectivity index (χ0n) is 24.7. The van der Waals surface area contributed by atoms with Gasteiger partial charge in [0.25, 0.3) is 5.91 Å². The van der Waals surface area contributed by atoms with Gasteiger partial charge in [0.2, 0.25) is 0 Å². The van der Waals surface area contributed by atoms with Crippen LogP contribution in [-0.2, 0) is 4.79 Å². The molecule has 0 bridgehead atoms. The lowest BCUT2D eigenvalue weighted by Gasteiger charge is -2.63. The zero-order valence-corrected chi connectivity index (χ0v) is 24.7. The smallest absolute Gasteiger partial charge is 0.251 e. The monoisotopic (exact) mass is 536 g/mol. The molecule has 5 aliphatic carbocycles. The highest BCUT2D eigenvalue weighted by Gasteiger charge is 2.86. The Balaban J connectivity index is 1.33. The summed E-state index contributed by atoms with van der Waals surface area (Å²) in [6, 6.07) is 9.38. The molecule has 11 atom stereocenters. The summed E-state index contributed by atoms with van der Waals surface area (Å²) in [6.45, 7) is 9.04. The maximum absolute atomic E-state index is 14.5. The third kappa shape index (κ3) is 3.26. The predicted molar refractivity (Wildman–Crippen MR) is 151 cm³/mol. The molecule has 5 unspecified atom stereocenters. The van der Waals surface area contributed by atoms with Crippen LogP contribution in [0.5, 0.6) is 0 Å². The summed E-state index contributed by atoms with van der Waals surface area (Å²) in [7, 11) is 4.16. The van der Waals surface area contributed by atoms with Gasteiger partial charge in [-0.05, 0) is 99.8 Å². The number of rotatable bonds is 5. The van der Waals surface area contributed by atoms with Crippen molar-refractivity contribution in [3.05, 3.63) is 35.9 Å². The van der Waals surface area contributed by atoms with E-state index in [1.54, 1.807) is 0 Å². The third-order valence-corrected chi connectivity index (χ3v) is 13.7. The number of fused-ring (bicyclic) bond motifs is 2. The third-order valence-electron chi connectivity index (χ3n) is 13.7. The molecule has 3 N–H and O–H groups in total. The number of aliphatic hydroxyl groups is 2. The molecular weight excluding hydrogens is 488 g/mol. The molecule has 5 aliphatic rings. The minimum Gasteiger partial charge on any atom is -0.396 e. The molecule has 5 saturated carbocycles. The largest absolute Gasteiger partial charge is 0.396 e. The molecule has 6 rings (SSSR count). The van der Waals surface area contributed by atoms with Crippen molar-refractivity contribution in [2.45, 2.75) is 90.8 Å². The van der Waals surface area contributed by atoms with Gasteiger partial charge in [0.1, 0.15) is 5.78 Å². The number of amides is 1. The van der Waals surface area contributed by atoms with Gasteiger partial charge in [-0.3, -0.25) is 9.59 Å². The first-order valence-corrected chi connectivity index (χ1v) is 15.2. The van der Waals surface area contributed by atoms with E-state index in [0.29, 0.717) is 17.8 Å². The van der Waals surface area contributed by atoms with E-state index >= 15 is 0 Å². The number of carbonyl (C=O) groups excluding carboxylic acids is 2. The van der Waals surface area contributed by atoms with Crippen LogP contribution in [0, 0.1) is 44.8 Å². The predicted octanol–water partition coefficient (Wildman–Crippen LogP) is 4.30. The second-order valence-corrected chi connectivity index (χ2v) is 15.0. The quantitative estimate of drug-likeness (QED) is 0.522. The lowest BCUT2D eigenvalue weighted by atomic mass is 9.41. The second-order valence-electron chi connectivity index (χ2n) is 15.0. The Labute approximate surface area is 233 Å². The van der Waals surface area contributed by atoms with Crippen molar-refractivity contribution in [2.75, 3.05) is 20.7 Å². The number of nitrogens with zero attached hydrogens (tertiary/aromatic N) is 1. The topological polar surface area (TPSA) is 89.9 Å². The SMILES string of the molecule is CC([C@H]1[C@H](O)C[C@@]2(C)C3CCC4C5(CC[C@H](NC(=O)c6ccccc6)[C@@]4(C)CO)CC35C(=O)C[C@]12C)N(C)C. The average Bonchev–Trinajstić information content (AvgIpc) is 3.54. The molecule has 0 aliphatic heterocycles. The molecule has 214 valence electrons. The van der Waals surface area contributed by atoms with E-state index < -0.39 is 11.5 Å². The zero-order chi connectivity index (χ0) is 28.2. The number of benzene rings is 1. The fourth-order valence-corrected chi connectivity index (χ4v) is 11.5. The number of carbonyl (C=O) groups is 2. The average molecular weight is 537 g/mol. The Morgan fingerprint density at radius 2 is 1.74 bits per heavy atom. The minimum atomic E-state index is -0.476. The van der Waals surface area contributed by atoms with E-state index in [1.165, 1.54) is 0 Å². The summed E-state index contributed by atoms with van der Waals surface area (Å²) in [5.74, 6) is 0.848. The first-order valence-electron chi connectivity index (χ1n) is 15.2. The van der Waals surface area contributed by atoms with Crippen LogP contribution in [0.1, 0.15) is 83.0 Å². The number of aliphatic hydroxyl groups excluding tert-OH is 2. The molecule has 0 heterocycles. The molecule has 6 heteroatoms. The molecule has 0 saturated heterocycles. The molecule has 0 radical (unpaired) electrons. The molecular formula is C33H48N2O4. The van der Waals surface area contributed by atoms with Gasteiger partial charge >= 0.3 is 0 Å². The maximum atomic E-state index is 14.5. The van der Waals surface area contributed by atoms with Crippen LogP contribution in [0.2, 0.25) is 0 Å². The highest BCUT2D eigenvalue weighted by Crippen LogP contribution is 2.87. The van der Waals surface area contributed by atoms with E-state index in [-0.39, 0.29) is 64.0 Å². The van der Waals surface area contributed by atoms with Gasteiger partial charge in [-0.2, -0.15) is 0 Å². The lowest BCUT2D eigenvalue weighted by Crippen LogP contribution is -2.64. The van der Waals surface area contributed by atoms with Gasteiger partial charge in [-0.25, -0.2) is 0 Å². The van der Waals surface area contributed by atoms with Crippen molar-refractivity contribution in [3.63, 3.8) is 0 Å². The summed E-state index contributed by atoms with van der Waals surface area (Å²) in [5, 5.41) is 25.7. The Morgan fingerprint density at radius 3 is 2.38 bits per heavy atom. The Hall–Kier alpha value is -1.76. The van der Waals surface area contributed by atoms with Gasteiger partial charge in [0, 0.05) is 40.8 Å². The minimum absolute atomic E-state index is 0.00418. The first-order chi connectivity index (χ1) is 18.3. The molecule has 1 aromatic carbocycles. The maximum Gasteiger partial charge on any atom is 0.251 e. The van der Waals surface area contributed by atoms with Crippen molar-refractivity contribution in [3.8, 4) is 0 Å². The fourth-order valence-electron chi connectivity index (χ4n) is 11.5. The highest BCUT2D eigenvalue weighted by molar-refractivity contribution is 5.94. The molecule has 1 aromatic rings. The second kappa shape index (κ2) is 8.62. The van der Waals surface area contributed by atoms with Crippen LogP contribution in [0.3, 0.4) is 0 Å².